The monoisotopic (exact) mass is 319 g/mol. The van der Waals surface area contributed by atoms with E-state index in [0.717, 1.165) is 36.2 Å². The average Bonchev–Trinajstić information content (AvgIpc) is 2.50. The largest absolute Gasteiger partial charge is 0.297 e. The lowest BCUT2D eigenvalue weighted by Gasteiger charge is -2.34. The van der Waals surface area contributed by atoms with E-state index in [-0.39, 0.29) is 0 Å². The second kappa shape index (κ2) is 5.29. The maximum absolute atomic E-state index is 6.25. The van der Waals surface area contributed by atoms with Crippen molar-refractivity contribution in [3.8, 4) is 0 Å². The summed E-state index contributed by atoms with van der Waals surface area (Å²) in [5.41, 5.74) is 2.31. The van der Waals surface area contributed by atoms with Crippen LogP contribution in [-0.4, -0.2) is 33.1 Å². The molecule has 3 nitrogen and oxygen atoms in total. The number of likely N-dealkylation sites (tertiary alicyclic amines) is 1. The van der Waals surface area contributed by atoms with Gasteiger partial charge in [0, 0.05) is 25.5 Å². The zero-order valence-corrected chi connectivity index (χ0v) is 12.9. The standard InChI is InChI=1S/C12H19BrClN3/c1-8-6-17(5-4-10(8)14)7-11-12(13)9(2)15-16(11)3/h8,10H,4-7H2,1-3H3. The Morgan fingerprint density at radius 2 is 2.24 bits per heavy atom. The number of halogens is 2. The van der Waals surface area contributed by atoms with Gasteiger partial charge in [0.15, 0.2) is 0 Å². The fourth-order valence-corrected chi connectivity index (χ4v) is 3.05. The lowest BCUT2D eigenvalue weighted by molar-refractivity contribution is 0.176. The third-order valence-corrected chi connectivity index (χ3v) is 5.20. The van der Waals surface area contributed by atoms with Crippen molar-refractivity contribution in [3.05, 3.63) is 15.9 Å². The molecular formula is C12H19BrClN3. The summed E-state index contributed by atoms with van der Waals surface area (Å²) in [4.78, 5) is 2.46. The minimum Gasteiger partial charge on any atom is -0.297 e. The van der Waals surface area contributed by atoms with Crippen molar-refractivity contribution in [2.75, 3.05) is 13.1 Å². The maximum Gasteiger partial charge on any atom is 0.0739 e. The molecule has 2 atom stereocenters. The van der Waals surface area contributed by atoms with E-state index in [9.17, 15) is 0 Å². The van der Waals surface area contributed by atoms with Crippen molar-refractivity contribution >= 4 is 27.5 Å². The Kier molecular flexibility index (Phi) is 4.16. The summed E-state index contributed by atoms with van der Waals surface area (Å²) in [6, 6.07) is 0. The van der Waals surface area contributed by atoms with E-state index < -0.39 is 0 Å². The van der Waals surface area contributed by atoms with Gasteiger partial charge in [0.05, 0.1) is 15.9 Å². The molecule has 0 aromatic carbocycles. The Balaban J connectivity index is 2.06. The van der Waals surface area contributed by atoms with E-state index in [4.69, 9.17) is 11.6 Å². The molecule has 2 rings (SSSR count). The molecule has 1 aromatic rings. The van der Waals surface area contributed by atoms with Crippen molar-refractivity contribution in [2.24, 2.45) is 13.0 Å². The molecule has 1 fully saturated rings. The lowest BCUT2D eigenvalue weighted by atomic mass is 9.99. The molecule has 0 radical (unpaired) electrons. The summed E-state index contributed by atoms with van der Waals surface area (Å²) in [7, 11) is 2.00. The molecule has 1 aliphatic rings. The molecule has 1 saturated heterocycles. The molecule has 0 spiro atoms. The number of nitrogens with zero attached hydrogens (tertiary/aromatic N) is 3. The first-order valence-corrected chi connectivity index (χ1v) is 7.26. The molecule has 1 aliphatic heterocycles. The van der Waals surface area contributed by atoms with Gasteiger partial charge in [0.1, 0.15) is 0 Å². The van der Waals surface area contributed by atoms with Gasteiger partial charge in [-0.2, -0.15) is 5.10 Å². The second-order valence-corrected chi connectivity index (χ2v) is 6.34. The van der Waals surface area contributed by atoms with Crippen LogP contribution in [0, 0.1) is 12.8 Å². The van der Waals surface area contributed by atoms with Crippen molar-refractivity contribution in [1.82, 2.24) is 14.7 Å². The first-order valence-electron chi connectivity index (χ1n) is 6.03. The van der Waals surface area contributed by atoms with Gasteiger partial charge in [-0.15, -0.1) is 11.6 Å². The van der Waals surface area contributed by atoms with Crippen LogP contribution in [0.1, 0.15) is 24.7 Å². The number of alkyl halides is 1. The number of hydrogen-bond acceptors (Lipinski definition) is 2. The van der Waals surface area contributed by atoms with Crippen LogP contribution in [0.2, 0.25) is 0 Å². The maximum atomic E-state index is 6.25. The average molecular weight is 321 g/mol. The second-order valence-electron chi connectivity index (χ2n) is 4.99. The normalized spacial score (nSPS) is 26.4. The van der Waals surface area contributed by atoms with Gasteiger partial charge in [-0.05, 0) is 41.7 Å². The van der Waals surface area contributed by atoms with Crippen LogP contribution in [0.25, 0.3) is 0 Å². The molecule has 5 heteroatoms. The van der Waals surface area contributed by atoms with Gasteiger partial charge < -0.3 is 0 Å². The number of rotatable bonds is 2. The van der Waals surface area contributed by atoms with Gasteiger partial charge >= 0.3 is 0 Å². The van der Waals surface area contributed by atoms with Gasteiger partial charge in [-0.1, -0.05) is 6.92 Å². The molecule has 0 aliphatic carbocycles. The Bertz CT molecular complexity index is 405. The zero-order valence-electron chi connectivity index (χ0n) is 10.6. The first kappa shape index (κ1) is 13.4. The van der Waals surface area contributed by atoms with Crippen LogP contribution < -0.4 is 0 Å². The fourth-order valence-electron chi connectivity index (χ4n) is 2.41. The quantitative estimate of drug-likeness (QED) is 0.781. The Morgan fingerprint density at radius 1 is 1.53 bits per heavy atom. The molecule has 0 saturated carbocycles. The van der Waals surface area contributed by atoms with E-state index in [1.807, 2.05) is 18.7 Å². The van der Waals surface area contributed by atoms with Crippen molar-refractivity contribution in [2.45, 2.75) is 32.2 Å². The molecule has 2 unspecified atom stereocenters. The molecule has 0 N–H and O–H groups in total. The van der Waals surface area contributed by atoms with E-state index in [1.54, 1.807) is 0 Å². The fraction of sp³-hybridized carbons (Fsp3) is 0.750. The van der Waals surface area contributed by atoms with Crippen LogP contribution in [0.5, 0.6) is 0 Å². The molecule has 0 amide bonds. The summed E-state index contributed by atoms with van der Waals surface area (Å²) in [6.45, 7) is 7.36. The van der Waals surface area contributed by atoms with Crippen LogP contribution in [0.15, 0.2) is 4.47 Å². The number of aryl methyl sites for hydroxylation is 2. The zero-order chi connectivity index (χ0) is 12.6. The minimum atomic E-state index is 0.336. The van der Waals surface area contributed by atoms with Crippen LogP contribution in [-0.2, 0) is 13.6 Å². The number of hydrogen-bond donors (Lipinski definition) is 0. The summed E-state index contributed by atoms with van der Waals surface area (Å²) >= 11 is 9.87. The van der Waals surface area contributed by atoms with Gasteiger partial charge in [0.25, 0.3) is 0 Å². The summed E-state index contributed by atoms with van der Waals surface area (Å²) in [5.74, 6) is 0.568. The summed E-state index contributed by atoms with van der Waals surface area (Å²) < 4.78 is 3.11. The number of piperidine rings is 1. The highest BCUT2D eigenvalue weighted by atomic mass is 79.9. The van der Waals surface area contributed by atoms with Crippen LogP contribution >= 0.6 is 27.5 Å². The highest BCUT2D eigenvalue weighted by molar-refractivity contribution is 9.10. The summed E-state index contributed by atoms with van der Waals surface area (Å²) in [6.07, 6.45) is 1.08. The van der Waals surface area contributed by atoms with Crippen molar-refractivity contribution < 1.29 is 0 Å². The predicted octanol–water partition coefficient (Wildman–Crippen LogP) is 2.94. The first-order chi connectivity index (χ1) is 7.99. The number of aromatic nitrogens is 2. The van der Waals surface area contributed by atoms with Crippen molar-refractivity contribution in [3.63, 3.8) is 0 Å². The van der Waals surface area contributed by atoms with Gasteiger partial charge in [0.2, 0.25) is 0 Å². The topological polar surface area (TPSA) is 21.1 Å². The SMILES string of the molecule is Cc1nn(C)c(CN2CCC(Cl)C(C)C2)c1Br. The Morgan fingerprint density at radius 3 is 2.76 bits per heavy atom. The van der Waals surface area contributed by atoms with Gasteiger partial charge in [-0.25, -0.2) is 0 Å². The third-order valence-electron chi connectivity index (χ3n) is 3.52. The summed E-state index contributed by atoms with van der Waals surface area (Å²) in [5, 5.41) is 4.76. The molecule has 1 aromatic heterocycles. The van der Waals surface area contributed by atoms with E-state index in [1.165, 1.54) is 5.69 Å². The van der Waals surface area contributed by atoms with Crippen molar-refractivity contribution in [1.29, 1.82) is 0 Å². The Hall–Kier alpha value is -0.0600. The van der Waals surface area contributed by atoms with E-state index in [2.05, 4.69) is 32.9 Å². The molecule has 17 heavy (non-hydrogen) atoms. The Labute approximate surface area is 116 Å². The smallest absolute Gasteiger partial charge is 0.0739 e. The minimum absolute atomic E-state index is 0.336. The molecule has 0 bridgehead atoms. The van der Waals surface area contributed by atoms with Gasteiger partial charge in [-0.3, -0.25) is 9.58 Å². The molecular weight excluding hydrogens is 302 g/mol. The third kappa shape index (κ3) is 2.85. The van der Waals surface area contributed by atoms with E-state index in [0.29, 0.717) is 11.3 Å². The van der Waals surface area contributed by atoms with Crippen LogP contribution in [0.3, 0.4) is 0 Å². The lowest BCUT2D eigenvalue weighted by Crippen LogP contribution is -2.39. The predicted molar refractivity (Wildman–Crippen MR) is 74.3 cm³/mol. The van der Waals surface area contributed by atoms with E-state index >= 15 is 0 Å². The highest BCUT2D eigenvalue weighted by Crippen LogP contribution is 2.26. The molecule has 96 valence electrons. The van der Waals surface area contributed by atoms with Crippen LogP contribution in [0.4, 0.5) is 0 Å². The molecule has 2 heterocycles. The highest BCUT2D eigenvalue weighted by Gasteiger charge is 2.25.